The summed E-state index contributed by atoms with van der Waals surface area (Å²) < 4.78 is 33.4. The molecule has 1 unspecified atom stereocenters. The number of carbonyl (C=O) groups excluding carboxylic acids is 1. The standard InChI is InChI=1S/C20H25NO6S/c1-26-16-7-5-15(6-8-16)19(22)14-21-20(23)4-3-13-27-17-9-11-18(12-10-17)28(2,24)25/h5-12,19,22H,3-4,13-14H2,1-2H3,(H,21,23). The van der Waals surface area contributed by atoms with Gasteiger partial charge >= 0.3 is 0 Å². The van der Waals surface area contributed by atoms with E-state index < -0.39 is 15.9 Å². The van der Waals surface area contributed by atoms with E-state index in [9.17, 15) is 18.3 Å². The Balaban J connectivity index is 1.67. The zero-order chi connectivity index (χ0) is 20.6. The molecule has 2 rings (SSSR count). The Morgan fingerprint density at radius 2 is 1.68 bits per heavy atom. The molecule has 2 aromatic carbocycles. The maximum Gasteiger partial charge on any atom is 0.220 e. The monoisotopic (exact) mass is 407 g/mol. The van der Waals surface area contributed by atoms with Gasteiger partial charge in [-0.2, -0.15) is 0 Å². The van der Waals surface area contributed by atoms with Crippen molar-refractivity contribution in [3.8, 4) is 11.5 Å². The number of hydrogen-bond donors (Lipinski definition) is 2. The van der Waals surface area contributed by atoms with Gasteiger partial charge < -0.3 is 19.9 Å². The predicted octanol–water partition coefficient (Wildman–Crippen LogP) is 2.11. The number of amides is 1. The van der Waals surface area contributed by atoms with Crippen LogP contribution in [0, 0.1) is 0 Å². The number of aliphatic hydroxyl groups excluding tert-OH is 1. The maximum atomic E-state index is 11.9. The molecule has 0 fully saturated rings. The average molecular weight is 407 g/mol. The van der Waals surface area contributed by atoms with Gasteiger partial charge in [0, 0.05) is 19.2 Å². The smallest absolute Gasteiger partial charge is 0.220 e. The van der Waals surface area contributed by atoms with E-state index >= 15 is 0 Å². The van der Waals surface area contributed by atoms with Crippen molar-refractivity contribution >= 4 is 15.7 Å². The molecule has 0 bridgehead atoms. The van der Waals surface area contributed by atoms with E-state index in [1.807, 2.05) is 0 Å². The zero-order valence-electron chi connectivity index (χ0n) is 15.9. The first-order chi connectivity index (χ1) is 13.3. The van der Waals surface area contributed by atoms with Crippen LogP contribution >= 0.6 is 0 Å². The molecule has 0 aliphatic rings. The summed E-state index contributed by atoms with van der Waals surface area (Å²) in [6.07, 6.45) is 1.11. The first kappa shape index (κ1) is 21.7. The molecule has 0 spiro atoms. The molecule has 2 N–H and O–H groups in total. The molecular formula is C20H25NO6S. The summed E-state index contributed by atoms with van der Waals surface area (Å²) in [5.74, 6) is 1.07. The molecule has 0 heterocycles. The normalized spacial score (nSPS) is 12.2. The molecule has 0 saturated heterocycles. The van der Waals surface area contributed by atoms with Crippen LogP contribution in [0.2, 0.25) is 0 Å². The first-order valence-electron chi connectivity index (χ1n) is 8.81. The van der Waals surface area contributed by atoms with Gasteiger partial charge in [0.2, 0.25) is 5.91 Å². The molecule has 1 atom stereocenters. The Bertz CT molecular complexity index is 863. The van der Waals surface area contributed by atoms with Crippen molar-refractivity contribution in [1.29, 1.82) is 0 Å². The summed E-state index contributed by atoms with van der Waals surface area (Å²) in [5, 5.41) is 12.8. The van der Waals surface area contributed by atoms with Crippen LogP contribution in [0.3, 0.4) is 0 Å². The number of methoxy groups -OCH3 is 1. The van der Waals surface area contributed by atoms with Gasteiger partial charge in [-0.25, -0.2) is 8.42 Å². The molecule has 0 aliphatic carbocycles. The Hall–Kier alpha value is -2.58. The molecule has 2 aromatic rings. The molecule has 0 aromatic heterocycles. The lowest BCUT2D eigenvalue weighted by Crippen LogP contribution is -2.28. The van der Waals surface area contributed by atoms with Crippen LogP contribution in [-0.4, -0.2) is 45.9 Å². The average Bonchev–Trinajstić information content (AvgIpc) is 2.69. The number of carbonyl (C=O) groups is 1. The highest BCUT2D eigenvalue weighted by atomic mass is 32.2. The number of nitrogens with one attached hydrogen (secondary N) is 1. The lowest BCUT2D eigenvalue weighted by Gasteiger charge is -2.13. The van der Waals surface area contributed by atoms with Gasteiger partial charge in [-0.05, 0) is 48.4 Å². The van der Waals surface area contributed by atoms with Crippen molar-refractivity contribution in [2.75, 3.05) is 26.5 Å². The molecule has 0 saturated carbocycles. The quantitative estimate of drug-likeness (QED) is 0.585. The Morgan fingerprint density at radius 3 is 2.25 bits per heavy atom. The summed E-state index contributed by atoms with van der Waals surface area (Å²) >= 11 is 0. The largest absolute Gasteiger partial charge is 0.497 e. The molecule has 0 aliphatic heterocycles. The van der Waals surface area contributed by atoms with Gasteiger partial charge in [0.25, 0.3) is 0 Å². The van der Waals surface area contributed by atoms with Crippen LogP contribution in [0.25, 0.3) is 0 Å². The van der Waals surface area contributed by atoms with Crippen molar-refractivity contribution in [2.45, 2.75) is 23.8 Å². The van der Waals surface area contributed by atoms with Crippen molar-refractivity contribution < 1.29 is 27.8 Å². The fourth-order valence-electron chi connectivity index (χ4n) is 2.45. The van der Waals surface area contributed by atoms with Crippen LogP contribution in [0.5, 0.6) is 11.5 Å². The topological polar surface area (TPSA) is 102 Å². The van der Waals surface area contributed by atoms with Gasteiger partial charge in [0.1, 0.15) is 11.5 Å². The minimum atomic E-state index is -3.23. The Morgan fingerprint density at radius 1 is 1.07 bits per heavy atom. The highest BCUT2D eigenvalue weighted by Crippen LogP contribution is 2.17. The van der Waals surface area contributed by atoms with E-state index in [1.54, 1.807) is 43.5 Å². The van der Waals surface area contributed by atoms with Gasteiger partial charge in [-0.15, -0.1) is 0 Å². The molecule has 1 amide bonds. The van der Waals surface area contributed by atoms with Crippen LogP contribution in [0.1, 0.15) is 24.5 Å². The van der Waals surface area contributed by atoms with Crippen molar-refractivity contribution in [3.63, 3.8) is 0 Å². The number of hydrogen-bond acceptors (Lipinski definition) is 6. The van der Waals surface area contributed by atoms with Crippen molar-refractivity contribution in [3.05, 3.63) is 54.1 Å². The number of aliphatic hydroxyl groups is 1. The molecular weight excluding hydrogens is 382 g/mol. The second kappa shape index (κ2) is 10.1. The van der Waals surface area contributed by atoms with E-state index in [1.165, 1.54) is 12.1 Å². The SMILES string of the molecule is COc1ccc(C(O)CNC(=O)CCCOc2ccc(S(C)(=O)=O)cc2)cc1. The van der Waals surface area contributed by atoms with Crippen LogP contribution in [0.15, 0.2) is 53.4 Å². The van der Waals surface area contributed by atoms with Crippen molar-refractivity contribution in [2.24, 2.45) is 0 Å². The number of rotatable bonds is 10. The summed E-state index contributed by atoms with van der Waals surface area (Å²) in [6, 6.07) is 13.1. The van der Waals surface area contributed by atoms with E-state index in [4.69, 9.17) is 9.47 Å². The number of ether oxygens (including phenoxy) is 2. The highest BCUT2D eigenvalue weighted by Gasteiger charge is 2.10. The lowest BCUT2D eigenvalue weighted by molar-refractivity contribution is -0.121. The number of sulfone groups is 1. The first-order valence-corrected chi connectivity index (χ1v) is 10.7. The minimum absolute atomic E-state index is 0.124. The van der Waals surface area contributed by atoms with Gasteiger partial charge in [0.05, 0.1) is 24.7 Å². The molecule has 152 valence electrons. The predicted molar refractivity (Wildman–Crippen MR) is 105 cm³/mol. The van der Waals surface area contributed by atoms with E-state index in [0.29, 0.717) is 30.1 Å². The third-order valence-corrected chi connectivity index (χ3v) is 5.19. The summed E-state index contributed by atoms with van der Waals surface area (Å²) in [7, 11) is -1.66. The highest BCUT2D eigenvalue weighted by molar-refractivity contribution is 7.90. The van der Waals surface area contributed by atoms with E-state index in [2.05, 4.69) is 5.32 Å². The van der Waals surface area contributed by atoms with E-state index in [0.717, 1.165) is 6.26 Å². The van der Waals surface area contributed by atoms with E-state index in [-0.39, 0.29) is 23.8 Å². The third kappa shape index (κ3) is 6.86. The molecule has 8 heteroatoms. The van der Waals surface area contributed by atoms with Crippen LogP contribution in [-0.2, 0) is 14.6 Å². The third-order valence-electron chi connectivity index (χ3n) is 4.06. The van der Waals surface area contributed by atoms with Crippen LogP contribution < -0.4 is 14.8 Å². The zero-order valence-corrected chi connectivity index (χ0v) is 16.7. The second-order valence-electron chi connectivity index (χ2n) is 6.29. The second-order valence-corrected chi connectivity index (χ2v) is 8.30. The molecule has 0 radical (unpaired) electrons. The van der Waals surface area contributed by atoms with Gasteiger partial charge in [0.15, 0.2) is 9.84 Å². The molecule has 28 heavy (non-hydrogen) atoms. The Labute approximate surface area is 165 Å². The fraction of sp³-hybridized carbons (Fsp3) is 0.350. The number of benzene rings is 2. The Kier molecular flexibility index (Phi) is 7.83. The maximum absolute atomic E-state index is 11.9. The van der Waals surface area contributed by atoms with Gasteiger partial charge in [-0.3, -0.25) is 4.79 Å². The van der Waals surface area contributed by atoms with Crippen molar-refractivity contribution in [1.82, 2.24) is 5.32 Å². The minimum Gasteiger partial charge on any atom is -0.497 e. The summed E-state index contributed by atoms with van der Waals surface area (Å²) in [6.45, 7) is 0.450. The lowest BCUT2D eigenvalue weighted by atomic mass is 10.1. The summed E-state index contributed by atoms with van der Waals surface area (Å²) in [5.41, 5.74) is 0.696. The molecule has 7 nitrogen and oxygen atoms in total. The van der Waals surface area contributed by atoms with Crippen LogP contribution in [0.4, 0.5) is 0 Å². The fourth-order valence-corrected chi connectivity index (χ4v) is 3.08. The van der Waals surface area contributed by atoms with Gasteiger partial charge in [-0.1, -0.05) is 12.1 Å². The summed E-state index contributed by atoms with van der Waals surface area (Å²) in [4.78, 5) is 12.1.